The van der Waals surface area contributed by atoms with Crippen molar-refractivity contribution >= 4 is 23.3 Å². The van der Waals surface area contributed by atoms with Gasteiger partial charge < -0.3 is 19.3 Å². The molecule has 1 atom stereocenters. The van der Waals surface area contributed by atoms with E-state index < -0.39 is 23.5 Å². The van der Waals surface area contributed by atoms with Gasteiger partial charge in [0.25, 0.3) is 5.91 Å². The molecule has 6 nitrogen and oxygen atoms in total. The maximum Gasteiger partial charge on any atom is 0.290 e. The number of hydrogen-bond acceptors (Lipinski definition) is 5. The van der Waals surface area contributed by atoms with E-state index in [0.717, 1.165) is 26.1 Å². The van der Waals surface area contributed by atoms with Gasteiger partial charge in [-0.25, -0.2) is 0 Å². The first kappa shape index (κ1) is 22.1. The third-order valence-electron chi connectivity index (χ3n) is 5.47. The van der Waals surface area contributed by atoms with Gasteiger partial charge in [0.05, 0.1) is 11.6 Å². The molecule has 0 saturated heterocycles. The van der Waals surface area contributed by atoms with Crippen LogP contribution in [0.15, 0.2) is 52.1 Å². The second-order valence-corrected chi connectivity index (χ2v) is 7.77. The summed E-state index contributed by atoms with van der Waals surface area (Å²) in [5.74, 6) is -0.856. The Morgan fingerprint density at radius 3 is 2.40 bits per heavy atom. The molecule has 160 valence electrons. The van der Waals surface area contributed by atoms with Crippen LogP contribution in [0.4, 0.5) is 0 Å². The van der Waals surface area contributed by atoms with Crippen LogP contribution < -0.4 is 0 Å². The molecule has 1 aromatic carbocycles. The van der Waals surface area contributed by atoms with Crippen LogP contribution in [-0.2, 0) is 4.79 Å². The lowest BCUT2D eigenvalue weighted by molar-refractivity contribution is -0.129. The first-order chi connectivity index (χ1) is 14.4. The average molecular weight is 431 g/mol. The predicted octanol–water partition coefficient (Wildman–Crippen LogP) is 4.55. The molecule has 1 aliphatic rings. The van der Waals surface area contributed by atoms with E-state index in [1.807, 2.05) is 0 Å². The molecular formula is C23H27ClN2O4. The standard InChI is InChI=1S/C23H27ClN2O4/c1-4-25(5-2)13-6-14-26-20(16-8-10-17(24)11-9-16)19(22(28)23(26)29)21(27)18-12-7-15(3)30-18/h7-12,20,28H,4-6,13-14H2,1-3H3/t20-/m0/s1. The molecule has 1 N–H and O–H groups in total. The highest BCUT2D eigenvalue weighted by molar-refractivity contribution is 6.30. The van der Waals surface area contributed by atoms with Crippen LogP contribution in [0, 0.1) is 6.92 Å². The van der Waals surface area contributed by atoms with E-state index in [2.05, 4.69) is 18.7 Å². The highest BCUT2D eigenvalue weighted by atomic mass is 35.5. The minimum absolute atomic E-state index is 0.0412. The van der Waals surface area contributed by atoms with E-state index in [1.165, 1.54) is 0 Å². The zero-order chi connectivity index (χ0) is 21.8. The van der Waals surface area contributed by atoms with Crippen molar-refractivity contribution < 1.29 is 19.1 Å². The summed E-state index contributed by atoms with van der Waals surface area (Å²) in [5.41, 5.74) is 0.755. The van der Waals surface area contributed by atoms with Gasteiger partial charge in [0.1, 0.15) is 5.76 Å². The number of Topliss-reactive ketones (excluding diaryl/α,β-unsaturated/α-hetero) is 1. The molecule has 0 aliphatic carbocycles. The third kappa shape index (κ3) is 4.45. The van der Waals surface area contributed by atoms with Crippen molar-refractivity contribution in [3.63, 3.8) is 0 Å². The van der Waals surface area contributed by atoms with Gasteiger partial charge in [-0.1, -0.05) is 37.6 Å². The Morgan fingerprint density at radius 1 is 1.17 bits per heavy atom. The van der Waals surface area contributed by atoms with Crippen molar-refractivity contribution in [1.82, 2.24) is 9.80 Å². The zero-order valence-electron chi connectivity index (χ0n) is 17.5. The number of furan rings is 1. The number of rotatable bonds is 9. The number of aryl methyl sites for hydroxylation is 1. The summed E-state index contributed by atoms with van der Waals surface area (Å²) in [6, 6.07) is 9.52. The molecule has 1 aliphatic heterocycles. The lowest BCUT2D eigenvalue weighted by Gasteiger charge is -2.28. The summed E-state index contributed by atoms with van der Waals surface area (Å²) in [6.45, 7) is 9.02. The summed E-state index contributed by atoms with van der Waals surface area (Å²) >= 11 is 6.03. The summed E-state index contributed by atoms with van der Waals surface area (Å²) in [7, 11) is 0. The van der Waals surface area contributed by atoms with Crippen LogP contribution in [0.3, 0.4) is 0 Å². The van der Waals surface area contributed by atoms with Crippen LogP contribution in [0.2, 0.25) is 5.02 Å². The topological polar surface area (TPSA) is 74.0 Å². The number of ketones is 1. The van der Waals surface area contributed by atoms with Crippen molar-refractivity contribution in [2.75, 3.05) is 26.2 Å². The van der Waals surface area contributed by atoms with E-state index in [-0.39, 0.29) is 11.3 Å². The third-order valence-corrected chi connectivity index (χ3v) is 5.72. The quantitative estimate of drug-likeness (QED) is 0.590. The number of carbonyl (C=O) groups is 2. The minimum atomic E-state index is -0.690. The van der Waals surface area contributed by atoms with Gasteiger partial charge in [-0.3, -0.25) is 9.59 Å². The number of nitrogens with zero attached hydrogens (tertiary/aromatic N) is 2. The molecule has 0 unspecified atom stereocenters. The number of hydrogen-bond donors (Lipinski definition) is 1. The molecule has 2 heterocycles. The molecule has 1 amide bonds. The molecule has 7 heteroatoms. The van der Waals surface area contributed by atoms with Gasteiger partial charge in [-0.05, 0) is 62.8 Å². The summed E-state index contributed by atoms with van der Waals surface area (Å²) in [6.07, 6.45) is 0.728. The van der Waals surface area contributed by atoms with Crippen LogP contribution >= 0.6 is 11.6 Å². The zero-order valence-corrected chi connectivity index (χ0v) is 18.3. The molecular weight excluding hydrogens is 404 g/mol. The highest BCUT2D eigenvalue weighted by Gasteiger charge is 2.44. The highest BCUT2D eigenvalue weighted by Crippen LogP contribution is 2.39. The van der Waals surface area contributed by atoms with Crippen molar-refractivity contribution in [1.29, 1.82) is 0 Å². The molecule has 0 fully saturated rings. The summed E-state index contributed by atoms with van der Waals surface area (Å²) < 4.78 is 5.47. The van der Waals surface area contributed by atoms with E-state index in [0.29, 0.717) is 22.9 Å². The molecule has 1 aromatic heterocycles. The van der Waals surface area contributed by atoms with E-state index in [1.54, 1.807) is 48.2 Å². The van der Waals surface area contributed by atoms with E-state index >= 15 is 0 Å². The van der Waals surface area contributed by atoms with E-state index in [9.17, 15) is 14.7 Å². The molecule has 3 rings (SSSR count). The molecule has 30 heavy (non-hydrogen) atoms. The molecule has 0 spiro atoms. The normalized spacial score (nSPS) is 16.8. The van der Waals surface area contributed by atoms with Gasteiger partial charge >= 0.3 is 0 Å². The Morgan fingerprint density at radius 2 is 1.83 bits per heavy atom. The van der Waals surface area contributed by atoms with Crippen molar-refractivity contribution in [2.24, 2.45) is 0 Å². The number of amides is 1. The van der Waals surface area contributed by atoms with Gasteiger partial charge in [0.2, 0.25) is 5.78 Å². The van der Waals surface area contributed by atoms with Crippen LogP contribution in [0.5, 0.6) is 0 Å². The fraction of sp³-hybridized carbons (Fsp3) is 0.391. The number of benzene rings is 1. The van der Waals surface area contributed by atoms with Crippen molar-refractivity contribution in [2.45, 2.75) is 33.2 Å². The first-order valence-corrected chi connectivity index (χ1v) is 10.6. The second-order valence-electron chi connectivity index (χ2n) is 7.33. The average Bonchev–Trinajstić information content (AvgIpc) is 3.28. The largest absolute Gasteiger partial charge is 0.503 e. The Labute approximate surface area is 181 Å². The maximum atomic E-state index is 13.2. The Balaban J connectivity index is 1.94. The molecule has 0 bridgehead atoms. The number of aliphatic hydroxyl groups excluding tert-OH is 1. The fourth-order valence-corrected chi connectivity index (χ4v) is 3.93. The number of halogens is 1. The van der Waals surface area contributed by atoms with Crippen LogP contribution in [0.25, 0.3) is 0 Å². The van der Waals surface area contributed by atoms with Gasteiger partial charge in [0.15, 0.2) is 11.5 Å². The fourth-order valence-electron chi connectivity index (χ4n) is 3.80. The summed E-state index contributed by atoms with van der Waals surface area (Å²) in [4.78, 5) is 29.9. The predicted molar refractivity (Wildman–Crippen MR) is 116 cm³/mol. The lowest BCUT2D eigenvalue weighted by atomic mass is 9.95. The Kier molecular flexibility index (Phi) is 7.00. The van der Waals surface area contributed by atoms with Gasteiger partial charge in [-0.15, -0.1) is 0 Å². The molecule has 0 radical (unpaired) electrons. The van der Waals surface area contributed by atoms with Crippen LogP contribution in [0.1, 0.15) is 48.2 Å². The maximum absolute atomic E-state index is 13.2. The SMILES string of the molecule is CCN(CC)CCCN1C(=O)C(O)=C(C(=O)c2ccc(C)o2)[C@@H]1c1ccc(Cl)cc1. The van der Waals surface area contributed by atoms with Gasteiger partial charge in [-0.2, -0.15) is 0 Å². The second kappa shape index (κ2) is 9.49. The first-order valence-electron chi connectivity index (χ1n) is 10.2. The Hall–Kier alpha value is -2.57. The smallest absolute Gasteiger partial charge is 0.290 e. The Bertz CT molecular complexity index is 944. The van der Waals surface area contributed by atoms with Crippen LogP contribution in [-0.4, -0.2) is 52.8 Å². The van der Waals surface area contributed by atoms with Gasteiger partial charge in [0, 0.05) is 11.6 Å². The monoisotopic (exact) mass is 430 g/mol. The van der Waals surface area contributed by atoms with E-state index in [4.69, 9.17) is 16.0 Å². The minimum Gasteiger partial charge on any atom is -0.503 e. The van der Waals surface area contributed by atoms with Crippen molar-refractivity contribution in [3.8, 4) is 0 Å². The molecule has 2 aromatic rings. The van der Waals surface area contributed by atoms with Crippen molar-refractivity contribution in [3.05, 3.63) is 69.8 Å². The lowest BCUT2D eigenvalue weighted by Crippen LogP contribution is -2.34. The number of carbonyl (C=O) groups excluding carboxylic acids is 2. The number of aliphatic hydroxyl groups is 1. The molecule has 0 saturated carbocycles. The summed E-state index contributed by atoms with van der Waals surface area (Å²) in [5, 5.41) is 11.2.